The van der Waals surface area contributed by atoms with Gasteiger partial charge in [-0.15, -0.1) is 0 Å². The Morgan fingerprint density at radius 3 is 2.06 bits per heavy atom. The molecule has 1 aliphatic rings. The van der Waals surface area contributed by atoms with Gasteiger partial charge in [-0.1, -0.05) is 66.7 Å². The standard InChI is InChI=1S/C24H21F6NO/c25-23(26,27)22(32,24(28,29)30)19-10-8-16(9-11-19)21-14-31-13-18(21)12-17-6-3-5-15-4-1-2-7-20(15)17/h1-11,18,21,31-32H,12-14H2/t18-,21+/m1/s1. The largest absolute Gasteiger partial charge is 0.430 e. The van der Waals surface area contributed by atoms with Crippen molar-refractivity contribution in [1.82, 2.24) is 5.32 Å². The lowest BCUT2D eigenvalue weighted by Crippen LogP contribution is -2.53. The minimum atomic E-state index is -5.89. The van der Waals surface area contributed by atoms with E-state index in [0.29, 0.717) is 18.7 Å². The molecule has 1 saturated heterocycles. The number of fused-ring (bicyclic) bond motifs is 1. The SMILES string of the molecule is OC(c1ccc([C@@H]2CNC[C@H]2Cc2cccc3ccccc23)cc1)(C(F)(F)F)C(F)(F)F. The average molecular weight is 453 g/mol. The number of halogens is 6. The maximum Gasteiger partial charge on any atom is 0.430 e. The van der Waals surface area contributed by atoms with Crippen molar-refractivity contribution in [2.75, 3.05) is 13.1 Å². The third kappa shape index (κ3) is 3.86. The molecule has 0 spiro atoms. The number of benzene rings is 3. The van der Waals surface area contributed by atoms with Gasteiger partial charge in [-0.05, 0) is 40.8 Å². The first-order chi connectivity index (χ1) is 15.0. The van der Waals surface area contributed by atoms with Gasteiger partial charge in [0.15, 0.2) is 0 Å². The maximum absolute atomic E-state index is 13.1. The lowest BCUT2D eigenvalue weighted by atomic mass is 9.82. The van der Waals surface area contributed by atoms with Gasteiger partial charge in [0.1, 0.15) is 0 Å². The van der Waals surface area contributed by atoms with Crippen LogP contribution in [-0.4, -0.2) is 30.5 Å². The third-order valence-corrected chi connectivity index (χ3v) is 6.28. The Morgan fingerprint density at radius 2 is 1.41 bits per heavy atom. The zero-order chi connectivity index (χ0) is 23.1. The van der Waals surface area contributed by atoms with Crippen LogP contribution in [0.3, 0.4) is 0 Å². The van der Waals surface area contributed by atoms with Gasteiger partial charge in [0.05, 0.1) is 0 Å². The number of nitrogens with one attached hydrogen (secondary N) is 1. The van der Waals surface area contributed by atoms with Crippen LogP contribution in [0, 0.1) is 5.92 Å². The van der Waals surface area contributed by atoms with Crippen molar-refractivity contribution < 1.29 is 31.4 Å². The Hall–Kier alpha value is -2.58. The molecule has 0 saturated carbocycles. The number of aliphatic hydroxyl groups is 1. The Bertz CT molecular complexity index is 1070. The number of rotatable bonds is 4. The molecule has 4 rings (SSSR count). The lowest BCUT2D eigenvalue weighted by molar-refractivity contribution is -0.376. The first kappa shape index (κ1) is 22.6. The van der Waals surface area contributed by atoms with Crippen molar-refractivity contribution in [3.63, 3.8) is 0 Å². The zero-order valence-electron chi connectivity index (χ0n) is 16.8. The van der Waals surface area contributed by atoms with Gasteiger partial charge in [0, 0.05) is 18.0 Å². The van der Waals surface area contributed by atoms with Gasteiger partial charge in [0.25, 0.3) is 5.60 Å². The molecule has 2 N–H and O–H groups in total. The van der Waals surface area contributed by atoms with Gasteiger partial charge in [-0.3, -0.25) is 0 Å². The number of hydrogen-bond acceptors (Lipinski definition) is 2. The third-order valence-electron chi connectivity index (χ3n) is 6.28. The minimum absolute atomic E-state index is 0.0760. The van der Waals surface area contributed by atoms with Crippen molar-refractivity contribution in [3.05, 3.63) is 83.4 Å². The molecule has 0 aliphatic carbocycles. The quantitative estimate of drug-likeness (QED) is 0.497. The van der Waals surface area contributed by atoms with Crippen LogP contribution >= 0.6 is 0 Å². The van der Waals surface area contributed by atoms with Crippen LogP contribution in [0.25, 0.3) is 10.8 Å². The van der Waals surface area contributed by atoms with Crippen LogP contribution < -0.4 is 5.32 Å². The van der Waals surface area contributed by atoms with Gasteiger partial charge in [-0.25, -0.2) is 0 Å². The topological polar surface area (TPSA) is 32.3 Å². The van der Waals surface area contributed by atoms with E-state index < -0.39 is 23.5 Å². The van der Waals surface area contributed by atoms with Crippen LogP contribution in [0.4, 0.5) is 26.3 Å². The maximum atomic E-state index is 13.1. The molecule has 3 aromatic rings. The molecule has 0 bridgehead atoms. The summed E-state index contributed by atoms with van der Waals surface area (Å²) in [5, 5.41) is 15.1. The van der Waals surface area contributed by atoms with E-state index in [9.17, 15) is 31.4 Å². The second-order valence-electron chi connectivity index (χ2n) is 8.20. The van der Waals surface area contributed by atoms with E-state index in [1.54, 1.807) is 0 Å². The first-order valence-electron chi connectivity index (χ1n) is 10.2. The molecular weight excluding hydrogens is 432 g/mol. The van der Waals surface area contributed by atoms with E-state index in [4.69, 9.17) is 0 Å². The van der Waals surface area contributed by atoms with E-state index in [1.807, 2.05) is 42.5 Å². The second-order valence-corrected chi connectivity index (χ2v) is 8.20. The summed E-state index contributed by atoms with van der Waals surface area (Å²) in [4.78, 5) is 0. The number of hydrogen-bond donors (Lipinski definition) is 2. The molecule has 0 aromatic heterocycles. The average Bonchev–Trinajstić information content (AvgIpc) is 3.20. The summed E-state index contributed by atoms with van der Waals surface area (Å²) in [7, 11) is 0. The minimum Gasteiger partial charge on any atom is -0.369 e. The molecule has 2 nitrogen and oxygen atoms in total. The van der Waals surface area contributed by atoms with E-state index in [1.165, 1.54) is 12.1 Å². The number of alkyl halides is 6. The van der Waals surface area contributed by atoms with Gasteiger partial charge in [-0.2, -0.15) is 26.3 Å². The summed E-state index contributed by atoms with van der Waals surface area (Å²) in [5.41, 5.74) is -4.37. The first-order valence-corrected chi connectivity index (χ1v) is 10.2. The van der Waals surface area contributed by atoms with E-state index >= 15 is 0 Å². The summed E-state index contributed by atoms with van der Waals surface area (Å²) < 4.78 is 78.8. The van der Waals surface area contributed by atoms with E-state index in [0.717, 1.165) is 34.9 Å². The fourth-order valence-electron chi connectivity index (χ4n) is 4.55. The van der Waals surface area contributed by atoms with Gasteiger partial charge in [0.2, 0.25) is 0 Å². The molecule has 1 aliphatic heterocycles. The molecule has 8 heteroatoms. The molecule has 1 heterocycles. The molecule has 1 fully saturated rings. The van der Waals surface area contributed by atoms with Crippen molar-refractivity contribution >= 4 is 10.8 Å². The fourth-order valence-corrected chi connectivity index (χ4v) is 4.55. The molecule has 0 radical (unpaired) electrons. The van der Waals surface area contributed by atoms with Crippen LogP contribution in [0.5, 0.6) is 0 Å². The highest BCUT2D eigenvalue weighted by atomic mass is 19.4. The molecule has 0 amide bonds. The van der Waals surface area contributed by atoms with Gasteiger partial charge >= 0.3 is 12.4 Å². The molecule has 0 unspecified atom stereocenters. The molecule has 32 heavy (non-hydrogen) atoms. The van der Waals surface area contributed by atoms with Crippen LogP contribution in [0.1, 0.15) is 22.6 Å². The molecule has 170 valence electrons. The predicted molar refractivity (Wildman–Crippen MR) is 109 cm³/mol. The van der Waals surface area contributed by atoms with Crippen molar-refractivity contribution in [2.24, 2.45) is 5.92 Å². The van der Waals surface area contributed by atoms with Crippen LogP contribution in [-0.2, 0) is 12.0 Å². The van der Waals surface area contributed by atoms with Gasteiger partial charge < -0.3 is 10.4 Å². The lowest BCUT2D eigenvalue weighted by Gasteiger charge is -2.33. The van der Waals surface area contributed by atoms with Crippen molar-refractivity contribution in [3.8, 4) is 0 Å². The molecule has 3 aromatic carbocycles. The highest BCUT2D eigenvalue weighted by Gasteiger charge is 2.71. The molecular formula is C24H21F6NO. The summed E-state index contributed by atoms with van der Waals surface area (Å²) in [6, 6.07) is 18.0. The summed E-state index contributed by atoms with van der Waals surface area (Å²) in [5.74, 6) is 0.0451. The summed E-state index contributed by atoms with van der Waals surface area (Å²) >= 11 is 0. The fraction of sp³-hybridized carbons (Fsp3) is 0.333. The zero-order valence-corrected chi connectivity index (χ0v) is 16.8. The Balaban J connectivity index is 1.61. The predicted octanol–water partition coefficient (Wildman–Crippen LogP) is 5.70. The Kier molecular flexibility index (Phi) is 5.71. The Morgan fingerprint density at radius 1 is 0.781 bits per heavy atom. The van der Waals surface area contributed by atoms with Crippen molar-refractivity contribution in [1.29, 1.82) is 0 Å². The normalized spacial score (nSPS) is 20.1. The van der Waals surface area contributed by atoms with E-state index in [-0.39, 0.29) is 11.8 Å². The highest BCUT2D eigenvalue weighted by Crippen LogP contribution is 2.50. The second kappa shape index (κ2) is 8.08. The van der Waals surface area contributed by atoms with Crippen molar-refractivity contribution in [2.45, 2.75) is 30.3 Å². The smallest absolute Gasteiger partial charge is 0.369 e. The Labute approximate surface area is 180 Å². The highest BCUT2D eigenvalue weighted by molar-refractivity contribution is 5.85. The van der Waals surface area contributed by atoms with E-state index in [2.05, 4.69) is 5.32 Å². The monoisotopic (exact) mass is 453 g/mol. The van der Waals surface area contributed by atoms with Crippen LogP contribution in [0.2, 0.25) is 0 Å². The molecule has 2 atom stereocenters. The summed E-state index contributed by atoms with van der Waals surface area (Å²) in [6.45, 7) is 1.25. The van der Waals surface area contributed by atoms with Crippen LogP contribution in [0.15, 0.2) is 66.7 Å². The summed E-state index contributed by atoms with van der Waals surface area (Å²) in [6.07, 6.45) is -11.1.